The van der Waals surface area contributed by atoms with Crippen molar-refractivity contribution in [2.45, 2.75) is 428 Å². The molecule has 8 aromatic carbocycles. The highest BCUT2D eigenvalue weighted by Crippen LogP contribution is 2.42. The number of benzene rings is 8. The van der Waals surface area contributed by atoms with Crippen LogP contribution in [0.5, 0.6) is 0 Å². The van der Waals surface area contributed by atoms with Crippen molar-refractivity contribution in [1.82, 2.24) is 0 Å². The van der Waals surface area contributed by atoms with Crippen LogP contribution in [0.2, 0.25) is 0 Å². The van der Waals surface area contributed by atoms with E-state index in [9.17, 15) is 34.2 Å². The van der Waals surface area contributed by atoms with Gasteiger partial charge in [-0.1, -0.05) is 541 Å². The average Bonchev–Trinajstić information content (AvgIpc) is 0.734. The Labute approximate surface area is 885 Å². The van der Waals surface area contributed by atoms with Crippen LogP contribution in [0, 0.1) is 5.41 Å². The quantitative estimate of drug-likeness (QED) is 0.00562. The molecule has 18 heteroatoms. The van der Waals surface area contributed by atoms with Gasteiger partial charge in [-0.05, 0) is 114 Å². The number of carbonyl (C=O) groups excluding carboxylic acids is 4. The summed E-state index contributed by atoms with van der Waals surface area (Å²) in [7, 11) is 0. The Kier molecular flexibility index (Phi) is 120. The van der Waals surface area contributed by atoms with Gasteiger partial charge in [-0.2, -0.15) is 0 Å². The third-order valence-corrected chi connectivity index (χ3v) is 20.6. The van der Waals surface area contributed by atoms with E-state index in [4.69, 9.17) is 50.0 Å². The van der Waals surface area contributed by atoms with E-state index in [1.807, 2.05) is 168 Å². The third-order valence-electron chi connectivity index (χ3n) is 20.6. The molecule has 145 heavy (non-hydrogen) atoms. The van der Waals surface area contributed by atoms with Gasteiger partial charge in [-0.15, -0.1) is 0 Å². The van der Waals surface area contributed by atoms with E-state index in [2.05, 4.69) is 128 Å². The molecule has 0 bridgehead atoms. The molecule has 0 aliphatic rings. The van der Waals surface area contributed by atoms with Crippen LogP contribution in [0.4, 0.5) is 0 Å². The van der Waals surface area contributed by atoms with Crippen molar-refractivity contribution in [3.05, 3.63) is 287 Å². The zero-order valence-corrected chi connectivity index (χ0v) is 93.3. The standard InChI is InChI=1S/C26H20O.C16H34O.C14H28O2.C13H12O2.C13H12.C8H18O.C7H16O.C6H12O2.C6H12O.C4H8O2.C3H8O2.C3H8.C2H4O2.C2H6O.C2H6.2CH4/c27-25(21-13-5-1-6-14-21)26(22-15-7-2-8-16-22,23-17-9-3-10-18-23)24-19-11-4-12-20-24;1-3-5-7-9-11-13-15-17-16-14-12-10-8-6-4-2;1-3-5-7-8-9-11-13-16-14(15)12-10-6-4-2;14-13(15,11-7-3-1-4-8-11)12-9-5-2-6-10-12;1-3-7-12(8-4-1)11-13-9-5-2-6-10-13;1-2-3-4-5-6-7-8-9;1-2-3-4-5-6-7-8;1-2-3-4-5-6(7)8;1-5(7)6(2,3)4;1-3-6-4(2)5;1-3(2,4)5;1-3-2;1-2(3)4;1-2-3;1-2;;/h1-20H;3-16H2,1-2H3;3-13H2,1-2H3;1-10,14-15H;1-10H,11H2;9H,2-8H2,1H3;8H,2-7H2,1H3;2-5H2,1H3,(H,7,8);1-4H3;3H2,1-2H3;4-5H,1-2H3;3H2,1-2H3;1H3,(H,3,4);3H,2H2,1H3;1-2H3;2*1H4. The Bertz CT molecular complexity index is 3740. The Morgan fingerprint density at radius 3 is 0.759 bits per heavy atom. The van der Waals surface area contributed by atoms with E-state index >= 15 is 0 Å². The van der Waals surface area contributed by atoms with Gasteiger partial charge in [0.25, 0.3) is 5.97 Å². The minimum absolute atomic E-state index is 0. The fourth-order valence-corrected chi connectivity index (χ4v) is 12.8. The molecule has 0 unspecified atom stereocenters. The molecule has 0 spiro atoms. The van der Waals surface area contributed by atoms with Crippen LogP contribution >= 0.6 is 0 Å². The highest BCUT2D eigenvalue weighted by atomic mass is 16.5. The molecule has 0 heterocycles. The Morgan fingerprint density at radius 1 is 0.303 bits per heavy atom. The largest absolute Gasteiger partial charge is 0.481 e. The molecule has 9 N–H and O–H groups in total. The molecule has 0 saturated carbocycles. The lowest BCUT2D eigenvalue weighted by Crippen LogP contribution is -2.38. The maximum Gasteiger partial charge on any atom is 0.305 e. The summed E-state index contributed by atoms with van der Waals surface area (Å²) >= 11 is 0. The number of rotatable bonds is 50. The van der Waals surface area contributed by atoms with Crippen LogP contribution in [-0.2, 0) is 55.8 Å². The van der Waals surface area contributed by atoms with Gasteiger partial charge in [-0.25, -0.2) is 0 Å². The van der Waals surface area contributed by atoms with Gasteiger partial charge in [0.2, 0.25) is 5.79 Å². The number of aliphatic hydroxyl groups excluding tert-OH is 3. The second kappa shape index (κ2) is 113. The average molecular weight is 2030 g/mol. The van der Waals surface area contributed by atoms with Gasteiger partial charge < -0.3 is 60.2 Å². The highest BCUT2D eigenvalue weighted by molar-refractivity contribution is 6.09. The fourth-order valence-electron chi connectivity index (χ4n) is 12.8. The lowest BCUT2D eigenvalue weighted by atomic mass is 9.65. The van der Waals surface area contributed by atoms with Crippen molar-refractivity contribution in [3.63, 3.8) is 0 Å². The summed E-state index contributed by atoms with van der Waals surface area (Å²) in [6, 6.07) is 78.3. The molecule has 18 nitrogen and oxygen atoms in total. The molecule has 8 rings (SSSR count). The second-order valence-corrected chi connectivity index (χ2v) is 35.9. The van der Waals surface area contributed by atoms with Crippen molar-refractivity contribution in [1.29, 1.82) is 0 Å². The van der Waals surface area contributed by atoms with Crippen molar-refractivity contribution >= 4 is 35.4 Å². The lowest BCUT2D eigenvalue weighted by Gasteiger charge is -2.34. The Hall–Kier alpha value is -9.34. The molecule has 0 atom stereocenters. The van der Waals surface area contributed by atoms with Gasteiger partial charge in [0.1, 0.15) is 11.2 Å². The minimum Gasteiger partial charge on any atom is -0.481 e. The number of carboxylic acids is 2. The van der Waals surface area contributed by atoms with E-state index in [0.717, 1.165) is 101 Å². The summed E-state index contributed by atoms with van der Waals surface area (Å²) in [6.07, 6.45) is 46.8. The number of aliphatic hydroxyl groups is 7. The maximum absolute atomic E-state index is 14.1. The van der Waals surface area contributed by atoms with E-state index in [0.29, 0.717) is 56.0 Å². The van der Waals surface area contributed by atoms with Crippen LogP contribution in [-0.4, -0.2) is 133 Å². The van der Waals surface area contributed by atoms with Gasteiger partial charge in [0.05, 0.1) is 13.2 Å². The number of carboxylic acid groups (broad SMARTS) is 2. The normalized spacial score (nSPS) is 9.96. The monoisotopic (exact) mass is 2030 g/mol. The second-order valence-electron chi connectivity index (χ2n) is 35.9. The van der Waals surface area contributed by atoms with Gasteiger partial charge >= 0.3 is 17.9 Å². The maximum atomic E-state index is 14.1. The van der Waals surface area contributed by atoms with Crippen molar-refractivity contribution in [2.75, 3.05) is 46.2 Å². The fraction of sp³-hybridized carbons (Fsp3) is 0.575. The molecule has 828 valence electrons. The van der Waals surface area contributed by atoms with Crippen LogP contribution in [0.1, 0.15) is 454 Å². The van der Waals surface area contributed by atoms with E-state index in [-0.39, 0.29) is 50.4 Å². The van der Waals surface area contributed by atoms with Crippen LogP contribution in [0.25, 0.3) is 0 Å². The number of aliphatic carboxylic acids is 2. The summed E-state index contributed by atoms with van der Waals surface area (Å²) in [5.41, 5.74) is 6.25. The SMILES string of the molecule is C.C.CC.CC(=O)C(C)(C)C.CC(=O)O.CC(C)(O)O.CCC.CCCCCC(=O)O.CCCCCCCCO.CCCCCCCCOC(=O)CCCCC.CCCCCCCCOCCCCCCCC.CCCCCCCO.CCO.CCOC(C)=O.O=C(c1ccccc1)C(c1ccccc1)(c1ccccc1)c1ccccc1.OC(O)(c1ccccc1)c1ccccc1.c1ccc(Cc2ccccc2)cc1. The molecular formula is C127H212O18. The van der Waals surface area contributed by atoms with Crippen LogP contribution < -0.4 is 0 Å². The highest BCUT2D eigenvalue weighted by Gasteiger charge is 2.44. The molecule has 0 amide bonds. The number of ether oxygens (including phenoxy) is 3. The first-order chi connectivity index (χ1) is 68.6. The van der Waals surface area contributed by atoms with Gasteiger partial charge in [0, 0.05) is 81.8 Å². The topological polar surface area (TPSA) is 312 Å². The number of unbranched alkanes of at least 4 members (excludes halogenated alkanes) is 28. The molecule has 0 radical (unpaired) electrons. The van der Waals surface area contributed by atoms with E-state index in [1.54, 1.807) is 69.3 Å². The molecule has 0 aliphatic heterocycles. The molecule has 0 aliphatic carbocycles. The predicted octanol–water partition coefficient (Wildman–Crippen LogP) is 32.9. The first kappa shape index (κ1) is 153. The number of ketones is 2. The lowest BCUT2D eigenvalue weighted by molar-refractivity contribution is -0.144. The van der Waals surface area contributed by atoms with Crippen molar-refractivity contribution in [2.24, 2.45) is 5.41 Å². The summed E-state index contributed by atoms with van der Waals surface area (Å²) in [4.78, 5) is 64.5. The number of carbonyl (C=O) groups is 6. The summed E-state index contributed by atoms with van der Waals surface area (Å²) in [6.45, 7) is 43.6. The molecule has 0 fully saturated rings. The van der Waals surface area contributed by atoms with Crippen LogP contribution in [0.3, 0.4) is 0 Å². The first-order valence-corrected chi connectivity index (χ1v) is 54.1. The Morgan fingerprint density at radius 2 is 0.524 bits per heavy atom. The molecule has 0 aromatic heterocycles. The number of hydrogen-bond acceptors (Lipinski definition) is 16. The molecular weight excluding hydrogens is 1810 g/mol. The number of Topliss-reactive ketones (excluding diaryl/α,β-unsaturated/α-hetero) is 2. The van der Waals surface area contributed by atoms with Crippen LogP contribution in [0.15, 0.2) is 243 Å². The Balaban J connectivity index is -0.000000204. The number of esters is 2. The van der Waals surface area contributed by atoms with E-state index < -0.39 is 28.9 Å². The van der Waals surface area contributed by atoms with Gasteiger partial charge in [0.15, 0.2) is 11.6 Å². The predicted molar refractivity (Wildman–Crippen MR) is 616 cm³/mol. The minimum atomic E-state index is -1.91. The first-order valence-electron chi connectivity index (χ1n) is 54.1. The molecule has 0 saturated heterocycles. The van der Waals surface area contributed by atoms with Crippen molar-refractivity contribution in [3.8, 4) is 0 Å². The smallest absolute Gasteiger partial charge is 0.305 e. The third kappa shape index (κ3) is 103. The summed E-state index contributed by atoms with van der Waals surface area (Å²) < 4.78 is 15.2. The molecule has 8 aromatic rings. The summed E-state index contributed by atoms with van der Waals surface area (Å²) in [5.74, 6) is -4.83. The summed E-state index contributed by atoms with van der Waals surface area (Å²) in [5, 5.41) is 76.1. The van der Waals surface area contributed by atoms with Crippen molar-refractivity contribution < 1.29 is 88.9 Å². The van der Waals surface area contributed by atoms with E-state index in [1.165, 1.54) is 205 Å². The number of hydrogen-bond donors (Lipinski definition) is 9. The zero-order chi connectivity index (χ0) is 109. The van der Waals surface area contributed by atoms with Gasteiger partial charge in [-0.3, -0.25) is 28.8 Å². The zero-order valence-electron chi connectivity index (χ0n) is 93.3.